The molecule has 8 heteroatoms. The summed E-state index contributed by atoms with van der Waals surface area (Å²) < 4.78 is 32.9. The van der Waals surface area contributed by atoms with E-state index in [1.54, 1.807) is 13.0 Å². The van der Waals surface area contributed by atoms with E-state index in [0.29, 0.717) is 21.5 Å². The predicted molar refractivity (Wildman–Crippen MR) is 89.6 cm³/mol. The number of anilines is 1. The van der Waals surface area contributed by atoms with E-state index in [2.05, 4.69) is 20.7 Å². The molecule has 0 aliphatic rings. The molecule has 2 aromatic carbocycles. The Bertz CT molecular complexity index is 864. The van der Waals surface area contributed by atoms with Gasteiger partial charge in [-0.3, -0.25) is 4.72 Å². The summed E-state index contributed by atoms with van der Waals surface area (Å²) in [6.07, 6.45) is 0. The second-order valence-electron chi connectivity index (χ2n) is 4.74. The van der Waals surface area contributed by atoms with Crippen LogP contribution in [-0.4, -0.2) is 26.6 Å². The van der Waals surface area contributed by atoms with Gasteiger partial charge in [0.1, 0.15) is 5.75 Å². The van der Waals surface area contributed by atoms with E-state index in [0.717, 1.165) is 0 Å². The zero-order chi connectivity index (χ0) is 17.2. The first-order chi connectivity index (χ1) is 10.7. The summed E-state index contributed by atoms with van der Waals surface area (Å²) in [7, 11) is -2.31. The summed E-state index contributed by atoms with van der Waals surface area (Å²) in [5.41, 5.74) is 0.931. The first kappa shape index (κ1) is 17.3. The Hall–Kier alpha value is -2.06. The molecule has 23 heavy (non-hydrogen) atoms. The van der Waals surface area contributed by atoms with Crippen LogP contribution in [0.5, 0.6) is 5.75 Å². The average molecular weight is 400 g/mol. The fourth-order valence-electron chi connectivity index (χ4n) is 1.93. The predicted octanol–water partition coefficient (Wildman–Crippen LogP) is 3.27. The van der Waals surface area contributed by atoms with Crippen molar-refractivity contribution in [3.8, 4) is 5.75 Å². The number of nitrogens with one attached hydrogen (secondary N) is 1. The van der Waals surface area contributed by atoms with Crippen molar-refractivity contribution in [3.63, 3.8) is 0 Å². The van der Waals surface area contributed by atoms with Gasteiger partial charge in [-0.15, -0.1) is 0 Å². The highest BCUT2D eigenvalue weighted by atomic mass is 79.9. The molecule has 0 radical (unpaired) electrons. The molecule has 0 fully saturated rings. The van der Waals surface area contributed by atoms with Crippen LogP contribution in [0.3, 0.4) is 0 Å². The summed E-state index contributed by atoms with van der Waals surface area (Å²) >= 11 is 3.24. The lowest BCUT2D eigenvalue weighted by molar-refractivity contribution is 0.0697. The van der Waals surface area contributed by atoms with Gasteiger partial charge in [0.25, 0.3) is 10.0 Å². The largest absolute Gasteiger partial charge is 0.496 e. The lowest BCUT2D eigenvalue weighted by Gasteiger charge is -2.12. The van der Waals surface area contributed by atoms with Crippen LogP contribution < -0.4 is 9.46 Å². The van der Waals surface area contributed by atoms with Crippen molar-refractivity contribution < 1.29 is 23.1 Å². The van der Waals surface area contributed by atoms with Crippen LogP contribution in [0.2, 0.25) is 0 Å². The fraction of sp³-hybridized carbons (Fsp3) is 0.133. The van der Waals surface area contributed by atoms with E-state index >= 15 is 0 Å². The van der Waals surface area contributed by atoms with Crippen LogP contribution in [0.25, 0.3) is 0 Å². The third-order valence-electron chi connectivity index (χ3n) is 3.15. The SMILES string of the molecule is COc1ccc(S(=O)(=O)Nc2ccc(C(=O)O)cc2C)cc1Br. The van der Waals surface area contributed by atoms with Gasteiger partial charge in [0, 0.05) is 0 Å². The van der Waals surface area contributed by atoms with Gasteiger partial charge in [-0.2, -0.15) is 0 Å². The molecule has 122 valence electrons. The summed E-state index contributed by atoms with van der Waals surface area (Å²) in [6.45, 7) is 1.63. The molecule has 0 unspecified atom stereocenters. The van der Waals surface area contributed by atoms with Crippen molar-refractivity contribution in [2.75, 3.05) is 11.8 Å². The van der Waals surface area contributed by atoms with Gasteiger partial charge in [0.2, 0.25) is 0 Å². The minimum Gasteiger partial charge on any atom is -0.496 e. The number of hydrogen-bond acceptors (Lipinski definition) is 4. The number of carboxylic acids is 1. The van der Waals surface area contributed by atoms with Crippen molar-refractivity contribution in [1.82, 2.24) is 0 Å². The molecular weight excluding hydrogens is 386 g/mol. The molecule has 0 saturated carbocycles. The van der Waals surface area contributed by atoms with Crippen molar-refractivity contribution in [2.45, 2.75) is 11.8 Å². The minimum atomic E-state index is -3.80. The zero-order valence-corrected chi connectivity index (χ0v) is 14.7. The molecule has 2 aromatic rings. The van der Waals surface area contributed by atoms with Gasteiger partial charge >= 0.3 is 5.97 Å². The Balaban J connectivity index is 2.35. The van der Waals surface area contributed by atoms with E-state index < -0.39 is 16.0 Å². The van der Waals surface area contributed by atoms with Gasteiger partial charge in [-0.1, -0.05) is 0 Å². The van der Waals surface area contributed by atoms with Crippen molar-refractivity contribution in [3.05, 3.63) is 52.0 Å². The number of aryl methyl sites for hydroxylation is 1. The van der Waals surface area contributed by atoms with E-state index in [4.69, 9.17) is 9.84 Å². The van der Waals surface area contributed by atoms with Crippen LogP contribution in [0, 0.1) is 6.92 Å². The molecular formula is C15H14BrNO5S. The van der Waals surface area contributed by atoms with Gasteiger partial charge in [0.15, 0.2) is 0 Å². The Labute approximate surface area is 142 Å². The Morgan fingerprint density at radius 1 is 1.22 bits per heavy atom. The van der Waals surface area contributed by atoms with Crippen LogP contribution in [0.15, 0.2) is 45.8 Å². The number of halogens is 1. The van der Waals surface area contributed by atoms with Crippen LogP contribution >= 0.6 is 15.9 Å². The van der Waals surface area contributed by atoms with Gasteiger partial charge in [0.05, 0.1) is 27.7 Å². The van der Waals surface area contributed by atoms with E-state index in [9.17, 15) is 13.2 Å². The molecule has 0 spiro atoms. The van der Waals surface area contributed by atoms with E-state index in [1.165, 1.54) is 37.4 Å². The molecule has 0 amide bonds. The molecule has 2 rings (SSSR count). The highest BCUT2D eigenvalue weighted by molar-refractivity contribution is 9.10. The fourth-order valence-corrected chi connectivity index (χ4v) is 3.78. The summed E-state index contributed by atoms with van der Waals surface area (Å²) in [5, 5.41) is 8.93. The monoisotopic (exact) mass is 399 g/mol. The maximum absolute atomic E-state index is 12.4. The molecule has 0 aliphatic carbocycles. The molecule has 2 N–H and O–H groups in total. The Morgan fingerprint density at radius 2 is 1.91 bits per heavy atom. The highest BCUT2D eigenvalue weighted by Gasteiger charge is 2.17. The quantitative estimate of drug-likeness (QED) is 0.804. The first-order valence-electron chi connectivity index (χ1n) is 6.45. The number of carboxylic acid groups (broad SMARTS) is 1. The molecule has 6 nitrogen and oxygen atoms in total. The Kier molecular flexibility index (Phi) is 4.96. The number of rotatable bonds is 5. The highest BCUT2D eigenvalue weighted by Crippen LogP contribution is 2.29. The maximum atomic E-state index is 12.4. The lowest BCUT2D eigenvalue weighted by atomic mass is 10.1. The number of hydrogen-bond donors (Lipinski definition) is 2. The second kappa shape index (κ2) is 6.59. The first-order valence-corrected chi connectivity index (χ1v) is 8.72. The molecule has 0 bridgehead atoms. The molecule has 0 heterocycles. The molecule has 0 atom stereocenters. The van der Waals surface area contributed by atoms with Crippen LogP contribution in [-0.2, 0) is 10.0 Å². The van der Waals surface area contributed by atoms with Crippen LogP contribution in [0.4, 0.5) is 5.69 Å². The standard InChI is InChI=1S/C15H14BrNO5S/c1-9-7-10(15(18)19)3-5-13(9)17-23(20,21)11-4-6-14(22-2)12(16)8-11/h3-8,17H,1-2H3,(H,18,19). The second-order valence-corrected chi connectivity index (χ2v) is 7.27. The van der Waals surface area contributed by atoms with Crippen molar-refractivity contribution >= 4 is 37.6 Å². The maximum Gasteiger partial charge on any atom is 0.335 e. The summed E-state index contributed by atoms with van der Waals surface area (Å²) in [4.78, 5) is 11.0. The number of aromatic carboxylic acids is 1. The minimum absolute atomic E-state index is 0.0619. The zero-order valence-electron chi connectivity index (χ0n) is 12.3. The smallest absolute Gasteiger partial charge is 0.335 e. The van der Waals surface area contributed by atoms with Gasteiger partial charge in [-0.05, 0) is 64.8 Å². The third-order valence-corrected chi connectivity index (χ3v) is 5.13. The lowest BCUT2D eigenvalue weighted by Crippen LogP contribution is -2.14. The number of carbonyl (C=O) groups is 1. The normalized spacial score (nSPS) is 11.1. The summed E-state index contributed by atoms with van der Waals surface area (Å²) in [5.74, 6) is -0.549. The van der Waals surface area contributed by atoms with Crippen molar-refractivity contribution in [1.29, 1.82) is 0 Å². The topological polar surface area (TPSA) is 92.7 Å². The van der Waals surface area contributed by atoms with Crippen LogP contribution in [0.1, 0.15) is 15.9 Å². The number of ether oxygens (including phenoxy) is 1. The summed E-state index contributed by atoms with van der Waals surface area (Å²) in [6, 6.07) is 8.57. The third kappa shape index (κ3) is 3.83. The number of benzene rings is 2. The van der Waals surface area contributed by atoms with Gasteiger partial charge < -0.3 is 9.84 Å². The molecule has 0 aromatic heterocycles. The Morgan fingerprint density at radius 3 is 2.43 bits per heavy atom. The van der Waals surface area contributed by atoms with E-state index in [1.807, 2.05) is 0 Å². The molecule has 0 aliphatic heterocycles. The molecule has 0 saturated heterocycles. The van der Waals surface area contributed by atoms with E-state index in [-0.39, 0.29) is 10.5 Å². The average Bonchev–Trinajstić information content (AvgIpc) is 2.48. The number of sulfonamides is 1. The van der Waals surface area contributed by atoms with Gasteiger partial charge in [-0.25, -0.2) is 13.2 Å². The van der Waals surface area contributed by atoms with Crippen molar-refractivity contribution in [2.24, 2.45) is 0 Å². The number of methoxy groups -OCH3 is 1.